The first-order valence-corrected chi connectivity index (χ1v) is 10.8. The maximum Gasteiger partial charge on any atom is 0.265 e. The van der Waals surface area contributed by atoms with Gasteiger partial charge < -0.3 is 10.6 Å². The first-order chi connectivity index (χ1) is 14.8. The number of carbonyl (C=O) groups is 2. The summed E-state index contributed by atoms with van der Waals surface area (Å²) in [6.45, 7) is 4.75. The van der Waals surface area contributed by atoms with Crippen LogP contribution in [0.2, 0.25) is 0 Å². The average molecular weight is 440 g/mol. The maximum absolute atomic E-state index is 13.2. The number of nitrogens with zero attached hydrogens (tertiary/aromatic N) is 4. The van der Waals surface area contributed by atoms with E-state index in [9.17, 15) is 14.0 Å². The van der Waals surface area contributed by atoms with Gasteiger partial charge in [-0.3, -0.25) is 9.59 Å². The molecule has 3 aromatic rings. The lowest BCUT2D eigenvalue weighted by molar-refractivity contribution is 0.0714. The predicted octanol–water partition coefficient (Wildman–Crippen LogP) is 3.47. The van der Waals surface area contributed by atoms with Crippen molar-refractivity contribution in [2.45, 2.75) is 32.6 Å². The molecular formula is C22H22FN5O2S. The minimum absolute atomic E-state index is 0.0389. The fraction of sp³-hybridized carbons (Fsp3) is 0.318. The van der Waals surface area contributed by atoms with E-state index in [0.717, 1.165) is 18.4 Å². The molecular weight excluding hydrogens is 417 g/mol. The van der Waals surface area contributed by atoms with Gasteiger partial charge in [-0.15, -0.1) is 11.3 Å². The van der Waals surface area contributed by atoms with Crippen LogP contribution in [0.15, 0.2) is 30.5 Å². The Morgan fingerprint density at radius 1 is 1.10 bits per heavy atom. The second kappa shape index (κ2) is 8.50. The summed E-state index contributed by atoms with van der Waals surface area (Å²) in [6.07, 6.45) is 2.96. The average Bonchev–Trinajstić information content (AvgIpc) is 3.15. The molecule has 0 atom stereocenters. The van der Waals surface area contributed by atoms with Gasteiger partial charge in [-0.2, -0.15) is 0 Å². The van der Waals surface area contributed by atoms with Crippen molar-refractivity contribution in [1.82, 2.24) is 19.9 Å². The van der Waals surface area contributed by atoms with Crippen molar-refractivity contribution < 1.29 is 14.0 Å². The van der Waals surface area contributed by atoms with E-state index in [0.29, 0.717) is 45.7 Å². The minimum atomic E-state index is -0.538. The number of carbonyl (C=O) groups excluding carboxylic acids is 2. The number of primary amides is 1. The largest absolute Gasteiger partial charge is 0.365 e. The molecule has 1 aliphatic rings. The van der Waals surface area contributed by atoms with Gasteiger partial charge in [0.25, 0.3) is 11.8 Å². The number of thiazole rings is 1. The van der Waals surface area contributed by atoms with Gasteiger partial charge in [-0.1, -0.05) is 0 Å². The third-order valence-electron chi connectivity index (χ3n) is 5.49. The molecule has 3 heterocycles. The summed E-state index contributed by atoms with van der Waals surface area (Å²) in [5.74, 6) is -0.0730. The van der Waals surface area contributed by atoms with Crippen LogP contribution in [0, 0.1) is 19.7 Å². The highest BCUT2D eigenvalue weighted by molar-refractivity contribution is 7.17. The van der Waals surface area contributed by atoms with Gasteiger partial charge in [0.15, 0.2) is 0 Å². The fourth-order valence-corrected chi connectivity index (χ4v) is 4.76. The third-order valence-corrected chi connectivity index (χ3v) is 6.69. The van der Waals surface area contributed by atoms with Crippen LogP contribution in [0.5, 0.6) is 0 Å². The molecule has 31 heavy (non-hydrogen) atoms. The summed E-state index contributed by atoms with van der Waals surface area (Å²) in [4.78, 5) is 40.2. The van der Waals surface area contributed by atoms with Gasteiger partial charge in [0.1, 0.15) is 21.5 Å². The molecule has 2 amide bonds. The molecule has 0 unspecified atom stereocenters. The Balaban J connectivity index is 1.44. The quantitative estimate of drug-likeness (QED) is 0.671. The van der Waals surface area contributed by atoms with Crippen molar-refractivity contribution in [3.8, 4) is 10.6 Å². The van der Waals surface area contributed by atoms with E-state index in [2.05, 4.69) is 15.0 Å². The topological polar surface area (TPSA) is 102 Å². The van der Waals surface area contributed by atoms with Gasteiger partial charge in [0.05, 0.1) is 17.0 Å². The molecule has 1 aliphatic heterocycles. The van der Waals surface area contributed by atoms with Crippen molar-refractivity contribution >= 4 is 23.2 Å². The van der Waals surface area contributed by atoms with Gasteiger partial charge in [-0.05, 0) is 51.0 Å². The molecule has 0 saturated carbocycles. The first-order valence-electron chi connectivity index (χ1n) is 9.99. The van der Waals surface area contributed by atoms with Crippen LogP contribution >= 0.6 is 11.3 Å². The zero-order valence-electron chi connectivity index (χ0n) is 17.3. The van der Waals surface area contributed by atoms with Gasteiger partial charge >= 0.3 is 0 Å². The number of hydrogen-bond acceptors (Lipinski definition) is 6. The smallest absolute Gasteiger partial charge is 0.265 e. The van der Waals surface area contributed by atoms with Gasteiger partial charge in [0, 0.05) is 30.8 Å². The lowest BCUT2D eigenvalue weighted by Gasteiger charge is -2.31. The van der Waals surface area contributed by atoms with Crippen LogP contribution in [0.3, 0.4) is 0 Å². The molecule has 7 nitrogen and oxygen atoms in total. The Kier molecular flexibility index (Phi) is 5.77. The molecule has 0 radical (unpaired) electrons. The van der Waals surface area contributed by atoms with Crippen molar-refractivity contribution in [2.24, 2.45) is 5.73 Å². The number of aryl methyl sites for hydroxylation is 2. The fourth-order valence-electron chi connectivity index (χ4n) is 3.72. The van der Waals surface area contributed by atoms with Crippen molar-refractivity contribution in [1.29, 1.82) is 0 Å². The molecule has 4 rings (SSSR count). The molecule has 2 aromatic heterocycles. The van der Waals surface area contributed by atoms with Gasteiger partial charge in [0.2, 0.25) is 0 Å². The molecule has 1 saturated heterocycles. The predicted molar refractivity (Wildman–Crippen MR) is 115 cm³/mol. The van der Waals surface area contributed by atoms with E-state index < -0.39 is 5.91 Å². The van der Waals surface area contributed by atoms with E-state index in [4.69, 9.17) is 5.73 Å². The van der Waals surface area contributed by atoms with Crippen molar-refractivity contribution in [2.75, 3.05) is 13.1 Å². The van der Waals surface area contributed by atoms with Gasteiger partial charge in [-0.25, -0.2) is 19.3 Å². The number of benzene rings is 1. The number of rotatable bonds is 4. The Morgan fingerprint density at radius 3 is 2.39 bits per heavy atom. The van der Waals surface area contributed by atoms with Crippen LogP contribution in [-0.4, -0.2) is 44.8 Å². The summed E-state index contributed by atoms with van der Waals surface area (Å²) in [5.41, 5.74) is 7.69. The molecule has 9 heteroatoms. The number of piperidine rings is 1. The molecule has 0 bridgehead atoms. The molecule has 0 spiro atoms. The molecule has 0 aliphatic carbocycles. The van der Waals surface area contributed by atoms with E-state index >= 15 is 0 Å². The van der Waals surface area contributed by atoms with Crippen LogP contribution < -0.4 is 5.73 Å². The number of likely N-dealkylation sites (tertiary alicyclic amines) is 1. The summed E-state index contributed by atoms with van der Waals surface area (Å²) in [7, 11) is 0. The van der Waals surface area contributed by atoms with Crippen LogP contribution in [0.25, 0.3) is 10.6 Å². The van der Waals surface area contributed by atoms with E-state index in [1.165, 1.54) is 29.7 Å². The zero-order valence-corrected chi connectivity index (χ0v) is 18.1. The van der Waals surface area contributed by atoms with E-state index in [1.54, 1.807) is 19.1 Å². The van der Waals surface area contributed by atoms with Crippen LogP contribution in [0.1, 0.15) is 56.0 Å². The summed E-state index contributed by atoms with van der Waals surface area (Å²) >= 11 is 1.33. The van der Waals surface area contributed by atoms with Crippen molar-refractivity contribution in [3.05, 3.63) is 63.9 Å². The Labute approximate surface area is 183 Å². The molecule has 160 valence electrons. The SMILES string of the molecule is Cc1nc(C2CCN(C(=O)c3sc(-c4ccc(F)cc4)nc3C)CC2)ncc1C(N)=O. The summed E-state index contributed by atoms with van der Waals surface area (Å²) in [5, 5.41) is 0.703. The number of amides is 2. The summed E-state index contributed by atoms with van der Waals surface area (Å²) < 4.78 is 13.2. The number of nitrogens with two attached hydrogens (primary N) is 1. The highest BCUT2D eigenvalue weighted by Crippen LogP contribution is 2.31. The minimum Gasteiger partial charge on any atom is -0.365 e. The lowest BCUT2D eigenvalue weighted by atomic mass is 9.95. The Hall–Kier alpha value is -3.20. The highest BCUT2D eigenvalue weighted by atomic mass is 32.1. The highest BCUT2D eigenvalue weighted by Gasteiger charge is 2.28. The van der Waals surface area contributed by atoms with E-state index in [1.807, 2.05) is 11.8 Å². The molecule has 1 fully saturated rings. The number of aromatic nitrogens is 3. The number of hydrogen-bond donors (Lipinski definition) is 1. The van der Waals surface area contributed by atoms with Crippen LogP contribution in [0.4, 0.5) is 4.39 Å². The second-order valence-electron chi connectivity index (χ2n) is 7.60. The monoisotopic (exact) mass is 439 g/mol. The summed E-state index contributed by atoms with van der Waals surface area (Å²) in [6, 6.07) is 6.11. The normalized spacial score (nSPS) is 14.6. The molecule has 2 N–H and O–H groups in total. The lowest BCUT2D eigenvalue weighted by Crippen LogP contribution is -2.38. The maximum atomic E-state index is 13.2. The third kappa shape index (κ3) is 4.32. The van der Waals surface area contributed by atoms with Crippen molar-refractivity contribution in [3.63, 3.8) is 0 Å². The van der Waals surface area contributed by atoms with E-state index in [-0.39, 0.29) is 17.6 Å². The Bertz CT molecular complexity index is 1140. The standard InChI is InChI=1S/C22H22FN5O2S/c1-12-17(19(24)29)11-25-20(26-12)14-7-9-28(10-8-14)22(30)18-13(2)27-21(31-18)15-3-5-16(23)6-4-15/h3-6,11,14H,7-10H2,1-2H3,(H2,24,29). The molecule has 1 aromatic carbocycles. The first kappa shape index (κ1) is 21.0. The Morgan fingerprint density at radius 2 is 1.77 bits per heavy atom. The second-order valence-corrected chi connectivity index (χ2v) is 8.60. The zero-order chi connectivity index (χ0) is 22.1. The van der Waals surface area contributed by atoms with Crippen LogP contribution in [-0.2, 0) is 0 Å². The number of halogens is 1.